The molecule has 0 spiro atoms. The van der Waals surface area contributed by atoms with E-state index < -0.39 is 0 Å². The van der Waals surface area contributed by atoms with Crippen molar-refractivity contribution < 1.29 is 4.74 Å². The van der Waals surface area contributed by atoms with Gasteiger partial charge in [-0.05, 0) is 12.3 Å². The molecule has 0 bridgehead atoms. The summed E-state index contributed by atoms with van der Waals surface area (Å²) in [4.78, 5) is 2.53. The molecule has 2 nitrogen and oxygen atoms in total. The Hall–Kier alpha value is -0.0800. The molecular weight excluding hydrogens is 162 g/mol. The minimum absolute atomic E-state index is 0.859. The Balaban J connectivity index is 2.07. The van der Waals surface area contributed by atoms with Gasteiger partial charge in [-0.25, -0.2) is 0 Å². The second-order valence-electron chi connectivity index (χ2n) is 4.16. The maximum Gasteiger partial charge on any atom is 0.0594 e. The summed E-state index contributed by atoms with van der Waals surface area (Å²) in [6.45, 7) is 10.0. The van der Waals surface area contributed by atoms with E-state index in [2.05, 4.69) is 18.7 Å². The predicted octanol–water partition coefficient (Wildman–Crippen LogP) is 2.14. The second-order valence-corrected chi connectivity index (χ2v) is 4.16. The molecule has 1 rings (SSSR count). The van der Waals surface area contributed by atoms with E-state index in [-0.39, 0.29) is 0 Å². The van der Waals surface area contributed by atoms with E-state index in [9.17, 15) is 0 Å². The SMILES string of the molecule is CCCCC(C)CN1CCOCC1. The summed E-state index contributed by atoms with van der Waals surface area (Å²) < 4.78 is 5.32. The van der Waals surface area contributed by atoms with Gasteiger partial charge in [0.15, 0.2) is 0 Å². The summed E-state index contributed by atoms with van der Waals surface area (Å²) >= 11 is 0. The average Bonchev–Trinajstić information content (AvgIpc) is 2.16. The van der Waals surface area contributed by atoms with E-state index in [0.717, 1.165) is 32.2 Å². The van der Waals surface area contributed by atoms with E-state index in [0.29, 0.717) is 0 Å². The van der Waals surface area contributed by atoms with Gasteiger partial charge in [0, 0.05) is 19.6 Å². The molecule has 0 aromatic carbocycles. The van der Waals surface area contributed by atoms with Gasteiger partial charge in [0.2, 0.25) is 0 Å². The molecule has 0 N–H and O–H groups in total. The molecule has 1 heterocycles. The van der Waals surface area contributed by atoms with Crippen molar-refractivity contribution in [1.82, 2.24) is 4.90 Å². The van der Waals surface area contributed by atoms with E-state index in [1.807, 2.05) is 0 Å². The minimum Gasteiger partial charge on any atom is -0.379 e. The number of unbranched alkanes of at least 4 members (excludes halogenated alkanes) is 1. The molecule has 1 saturated heterocycles. The van der Waals surface area contributed by atoms with Crippen molar-refractivity contribution in [3.05, 3.63) is 0 Å². The van der Waals surface area contributed by atoms with E-state index in [1.54, 1.807) is 0 Å². The Labute approximate surface area is 82.3 Å². The summed E-state index contributed by atoms with van der Waals surface area (Å²) in [6.07, 6.45) is 4.09. The summed E-state index contributed by atoms with van der Waals surface area (Å²) in [6, 6.07) is 0. The Kier molecular flexibility index (Phi) is 5.40. The molecule has 1 fully saturated rings. The first-order chi connectivity index (χ1) is 6.33. The Morgan fingerprint density at radius 2 is 2.00 bits per heavy atom. The lowest BCUT2D eigenvalue weighted by atomic mass is 10.0. The number of morpholine rings is 1. The second kappa shape index (κ2) is 6.39. The lowest BCUT2D eigenvalue weighted by molar-refractivity contribution is 0.0311. The van der Waals surface area contributed by atoms with Crippen LogP contribution in [0.15, 0.2) is 0 Å². The van der Waals surface area contributed by atoms with Crippen molar-refractivity contribution in [2.75, 3.05) is 32.8 Å². The molecule has 0 aromatic rings. The molecule has 78 valence electrons. The fraction of sp³-hybridized carbons (Fsp3) is 1.00. The van der Waals surface area contributed by atoms with E-state index in [1.165, 1.54) is 25.8 Å². The van der Waals surface area contributed by atoms with Gasteiger partial charge in [-0.15, -0.1) is 0 Å². The molecule has 0 saturated carbocycles. The summed E-state index contributed by atoms with van der Waals surface area (Å²) in [7, 11) is 0. The van der Waals surface area contributed by atoms with Crippen LogP contribution in [0.25, 0.3) is 0 Å². The summed E-state index contributed by atoms with van der Waals surface area (Å²) in [5.74, 6) is 0.859. The molecule has 2 heteroatoms. The molecule has 1 aliphatic rings. The fourth-order valence-electron chi connectivity index (χ4n) is 1.87. The Bertz CT molecular complexity index is 121. The predicted molar refractivity (Wildman–Crippen MR) is 55.9 cm³/mol. The molecule has 0 amide bonds. The maximum absolute atomic E-state index is 5.32. The van der Waals surface area contributed by atoms with Crippen LogP contribution >= 0.6 is 0 Å². The van der Waals surface area contributed by atoms with Crippen LogP contribution in [0.2, 0.25) is 0 Å². The van der Waals surface area contributed by atoms with Crippen molar-refractivity contribution in [2.45, 2.75) is 33.1 Å². The summed E-state index contributed by atoms with van der Waals surface area (Å²) in [5, 5.41) is 0. The molecule has 13 heavy (non-hydrogen) atoms. The first-order valence-electron chi connectivity index (χ1n) is 5.63. The lowest BCUT2D eigenvalue weighted by Crippen LogP contribution is -2.38. The Morgan fingerprint density at radius 3 is 2.62 bits per heavy atom. The zero-order chi connectivity index (χ0) is 9.52. The van der Waals surface area contributed by atoms with Gasteiger partial charge < -0.3 is 4.74 Å². The standard InChI is InChI=1S/C11H23NO/c1-3-4-5-11(2)10-12-6-8-13-9-7-12/h11H,3-10H2,1-2H3. The van der Waals surface area contributed by atoms with Crippen LogP contribution < -0.4 is 0 Å². The molecule has 1 aliphatic heterocycles. The highest BCUT2D eigenvalue weighted by Gasteiger charge is 2.12. The van der Waals surface area contributed by atoms with Crippen LogP contribution in [0.5, 0.6) is 0 Å². The van der Waals surface area contributed by atoms with Gasteiger partial charge in [0.05, 0.1) is 13.2 Å². The van der Waals surface area contributed by atoms with E-state index in [4.69, 9.17) is 4.74 Å². The third-order valence-corrected chi connectivity index (χ3v) is 2.72. The number of rotatable bonds is 5. The van der Waals surface area contributed by atoms with Crippen LogP contribution in [0.3, 0.4) is 0 Å². The van der Waals surface area contributed by atoms with Crippen molar-refractivity contribution in [3.63, 3.8) is 0 Å². The monoisotopic (exact) mass is 185 g/mol. The quantitative estimate of drug-likeness (QED) is 0.650. The Morgan fingerprint density at radius 1 is 1.31 bits per heavy atom. The van der Waals surface area contributed by atoms with Crippen molar-refractivity contribution >= 4 is 0 Å². The number of hydrogen-bond acceptors (Lipinski definition) is 2. The van der Waals surface area contributed by atoms with Crippen LogP contribution in [0, 0.1) is 5.92 Å². The fourth-order valence-corrected chi connectivity index (χ4v) is 1.87. The largest absolute Gasteiger partial charge is 0.379 e. The first kappa shape index (κ1) is 11.0. The smallest absolute Gasteiger partial charge is 0.0594 e. The molecule has 0 aliphatic carbocycles. The first-order valence-corrected chi connectivity index (χ1v) is 5.63. The van der Waals surface area contributed by atoms with Gasteiger partial charge in [-0.1, -0.05) is 26.7 Å². The molecule has 1 unspecified atom stereocenters. The highest BCUT2D eigenvalue weighted by Crippen LogP contribution is 2.10. The lowest BCUT2D eigenvalue weighted by Gasteiger charge is -2.29. The molecular formula is C11H23NO. The minimum atomic E-state index is 0.859. The number of nitrogens with zero attached hydrogens (tertiary/aromatic N) is 1. The summed E-state index contributed by atoms with van der Waals surface area (Å²) in [5.41, 5.74) is 0. The molecule has 0 radical (unpaired) electrons. The van der Waals surface area contributed by atoms with Gasteiger partial charge in [-0.2, -0.15) is 0 Å². The maximum atomic E-state index is 5.32. The van der Waals surface area contributed by atoms with Gasteiger partial charge in [0.25, 0.3) is 0 Å². The van der Waals surface area contributed by atoms with Crippen LogP contribution in [0.4, 0.5) is 0 Å². The topological polar surface area (TPSA) is 12.5 Å². The number of hydrogen-bond donors (Lipinski definition) is 0. The average molecular weight is 185 g/mol. The highest BCUT2D eigenvalue weighted by atomic mass is 16.5. The van der Waals surface area contributed by atoms with Crippen LogP contribution in [-0.2, 0) is 4.74 Å². The highest BCUT2D eigenvalue weighted by molar-refractivity contribution is 4.65. The van der Waals surface area contributed by atoms with Gasteiger partial charge in [0.1, 0.15) is 0 Å². The van der Waals surface area contributed by atoms with Crippen molar-refractivity contribution in [2.24, 2.45) is 5.92 Å². The molecule has 0 aromatic heterocycles. The zero-order valence-electron chi connectivity index (χ0n) is 9.09. The third kappa shape index (κ3) is 4.63. The van der Waals surface area contributed by atoms with Gasteiger partial charge in [-0.3, -0.25) is 4.90 Å². The molecule has 1 atom stereocenters. The van der Waals surface area contributed by atoms with Crippen LogP contribution in [-0.4, -0.2) is 37.7 Å². The zero-order valence-corrected chi connectivity index (χ0v) is 9.09. The van der Waals surface area contributed by atoms with Crippen molar-refractivity contribution in [1.29, 1.82) is 0 Å². The van der Waals surface area contributed by atoms with Gasteiger partial charge >= 0.3 is 0 Å². The number of ether oxygens (including phenoxy) is 1. The third-order valence-electron chi connectivity index (χ3n) is 2.72. The van der Waals surface area contributed by atoms with E-state index >= 15 is 0 Å². The van der Waals surface area contributed by atoms with Crippen LogP contribution in [0.1, 0.15) is 33.1 Å². The normalized spacial score (nSPS) is 21.7. The van der Waals surface area contributed by atoms with Crippen molar-refractivity contribution in [3.8, 4) is 0 Å².